The van der Waals surface area contributed by atoms with Gasteiger partial charge in [0.05, 0.1) is 11.1 Å². The van der Waals surface area contributed by atoms with Crippen LogP contribution in [0.2, 0.25) is 5.02 Å². The first-order valence-corrected chi connectivity index (χ1v) is 6.80. The normalized spacial score (nSPS) is 12.2. The van der Waals surface area contributed by atoms with E-state index in [1.54, 1.807) is 18.2 Å². The van der Waals surface area contributed by atoms with Crippen molar-refractivity contribution >= 4 is 40.0 Å². The number of carbonyl (C=O) groups is 1. The van der Waals surface area contributed by atoms with Gasteiger partial charge < -0.3 is 0 Å². The third-order valence-electron chi connectivity index (χ3n) is 2.38. The van der Waals surface area contributed by atoms with Gasteiger partial charge in [0.1, 0.15) is 5.92 Å². The van der Waals surface area contributed by atoms with Crippen LogP contribution in [-0.2, 0) is 0 Å². The molecular weight excluding hydrogens is 349 g/mol. The molecule has 1 unspecified atom stereocenters. The highest BCUT2D eigenvalue weighted by Gasteiger charge is 2.21. The fourth-order valence-electron chi connectivity index (χ4n) is 1.54. The quantitative estimate of drug-likeness (QED) is 0.592. The Hall–Kier alpha value is -0.600. The van der Waals surface area contributed by atoms with Gasteiger partial charge in [-0.15, -0.1) is 0 Å². The lowest BCUT2D eigenvalue weighted by atomic mass is 9.91. The number of hydrogen-bond acceptors (Lipinski definition) is 2. The predicted octanol–water partition coefficient (Wildman–Crippen LogP) is 4.31. The SMILES string of the molecule is CC(C)CC(C#N)C(=O)c1ccc(I)c(Cl)c1. The molecule has 0 bridgehead atoms. The lowest BCUT2D eigenvalue weighted by Crippen LogP contribution is -2.15. The number of Topliss-reactive ketones (excluding diaryl/α,β-unsaturated/α-hetero) is 1. The molecule has 90 valence electrons. The summed E-state index contributed by atoms with van der Waals surface area (Å²) in [7, 11) is 0. The molecule has 0 N–H and O–H groups in total. The minimum absolute atomic E-state index is 0.139. The van der Waals surface area contributed by atoms with Crippen LogP contribution in [0.5, 0.6) is 0 Å². The Balaban J connectivity index is 2.95. The first kappa shape index (κ1) is 14.5. The van der Waals surface area contributed by atoms with Crippen molar-refractivity contribution in [3.63, 3.8) is 0 Å². The van der Waals surface area contributed by atoms with E-state index in [1.165, 1.54) is 0 Å². The molecule has 1 aromatic carbocycles. The summed E-state index contributed by atoms with van der Waals surface area (Å²) >= 11 is 8.07. The minimum atomic E-state index is -0.578. The van der Waals surface area contributed by atoms with Gasteiger partial charge in [-0.3, -0.25) is 4.79 Å². The number of ketones is 1. The van der Waals surface area contributed by atoms with E-state index in [2.05, 4.69) is 28.7 Å². The molecule has 2 nitrogen and oxygen atoms in total. The summed E-state index contributed by atoms with van der Waals surface area (Å²) in [5, 5.41) is 9.58. The van der Waals surface area contributed by atoms with Crippen LogP contribution in [0.25, 0.3) is 0 Å². The van der Waals surface area contributed by atoms with Gasteiger partial charge in [-0.25, -0.2) is 0 Å². The fourth-order valence-corrected chi connectivity index (χ4v) is 2.06. The number of halogens is 2. The second kappa shape index (κ2) is 6.36. The van der Waals surface area contributed by atoms with E-state index in [0.29, 0.717) is 22.9 Å². The molecule has 0 amide bonds. The van der Waals surface area contributed by atoms with Crippen LogP contribution in [0, 0.1) is 26.7 Å². The number of hydrogen-bond donors (Lipinski definition) is 0. The van der Waals surface area contributed by atoms with Crippen molar-refractivity contribution in [2.45, 2.75) is 20.3 Å². The van der Waals surface area contributed by atoms with Gasteiger partial charge in [0.15, 0.2) is 5.78 Å². The van der Waals surface area contributed by atoms with Gasteiger partial charge in [0.2, 0.25) is 0 Å². The molecule has 0 aliphatic carbocycles. The second-order valence-corrected chi connectivity index (χ2v) is 5.87. The van der Waals surface area contributed by atoms with E-state index in [-0.39, 0.29) is 5.78 Å². The van der Waals surface area contributed by atoms with Crippen LogP contribution < -0.4 is 0 Å². The first-order chi connectivity index (χ1) is 7.95. The summed E-state index contributed by atoms with van der Waals surface area (Å²) in [6.45, 7) is 4.00. The summed E-state index contributed by atoms with van der Waals surface area (Å²) in [5.41, 5.74) is 0.516. The lowest BCUT2D eigenvalue weighted by molar-refractivity contribution is 0.0937. The number of nitrogens with zero attached hydrogens (tertiary/aromatic N) is 1. The predicted molar refractivity (Wildman–Crippen MR) is 77.1 cm³/mol. The lowest BCUT2D eigenvalue weighted by Gasteiger charge is -2.11. The molecule has 0 aliphatic heterocycles. The summed E-state index contributed by atoms with van der Waals surface area (Å²) in [6.07, 6.45) is 0.582. The van der Waals surface area contributed by atoms with Gasteiger partial charge in [-0.2, -0.15) is 5.26 Å². The first-order valence-electron chi connectivity index (χ1n) is 5.34. The molecule has 0 radical (unpaired) electrons. The van der Waals surface area contributed by atoms with E-state index in [9.17, 15) is 4.79 Å². The van der Waals surface area contributed by atoms with Crippen LogP contribution in [-0.4, -0.2) is 5.78 Å². The van der Waals surface area contributed by atoms with Gasteiger partial charge in [0.25, 0.3) is 0 Å². The van der Waals surface area contributed by atoms with Crippen LogP contribution in [0.4, 0.5) is 0 Å². The molecule has 0 heterocycles. The Morgan fingerprint density at radius 2 is 2.18 bits per heavy atom. The van der Waals surface area contributed by atoms with E-state index in [0.717, 1.165) is 3.57 Å². The van der Waals surface area contributed by atoms with E-state index in [4.69, 9.17) is 16.9 Å². The van der Waals surface area contributed by atoms with Crippen LogP contribution in [0.1, 0.15) is 30.6 Å². The maximum Gasteiger partial charge on any atom is 0.180 e. The van der Waals surface area contributed by atoms with Crippen molar-refractivity contribution < 1.29 is 4.79 Å². The number of nitriles is 1. The molecule has 1 aromatic rings. The molecule has 0 aromatic heterocycles. The fraction of sp³-hybridized carbons (Fsp3) is 0.385. The van der Waals surface area contributed by atoms with Crippen LogP contribution in [0.3, 0.4) is 0 Å². The molecular formula is C13H13ClINO. The Morgan fingerprint density at radius 1 is 1.53 bits per heavy atom. The smallest absolute Gasteiger partial charge is 0.180 e. The van der Waals surface area contributed by atoms with Crippen molar-refractivity contribution in [1.29, 1.82) is 5.26 Å². The molecule has 0 fully saturated rings. The zero-order valence-corrected chi connectivity index (χ0v) is 12.6. The molecule has 0 saturated heterocycles. The average molecular weight is 362 g/mol. The molecule has 17 heavy (non-hydrogen) atoms. The van der Waals surface area contributed by atoms with Crippen molar-refractivity contribution in [1.82, 2.24) is 0 Å². The zero-order valence-electron chi connectivity index (χ0n) is 9.71. The Kier molecular flexibility index (Phi) is 5.41. The molecule has 4 heteroatoms. The van der Waals surface area contributed by atoms with Gasteiger partial charge in [-0.05, 0) is 47.1 Å². The zero-order chi connectivity index (χ0) is 13.0. The number of rotatable bonds is 4. The van der Waals surface area contributed by atoms with Crippen molar-refractivity contribution in [3.8, 4) is 6.07 Å². The highest BCUT2D eigenvalue weighted by Crippen LogP contribution is 2.23. The summed E-state index contributed by atoms with van der Waals surface area (Å²) in [5.74, 6) is -0.395. The summed E-state index contributed by atoms with van der Waals surface area (Å²) < 4.78 is 0.901. The van der Waals surface area contributed by atoms with Crippen molar-refractivity contribution in [2.24, 2.45) is 11.8 Å². The van der Waals surface area contributed by atoms with Gasteiger partial charge in [0, 0.05) is 9.13 Å². The molecule has 1 atom stereocenters. The highest BCUT2D eigenvalue weighted by atomic mass is 127. The topological polar surface area (TPSA) is 40.9 Å². The summed E-state index contributed by atoms with van der Waals surface area (Å²) in [4.78, 5) is 12.1. The van der Waals surface area contributed by atoms with Crippen LogP contribution >= 0.6 is 34.2 Å². The number of carbonyl (C=O) groups excluding carboxylic acids is 1. The van der Waals surface area contributed by atoms with Gasteiger partial charge >= 0.3 is 0 Å². The molecule has 0 aliphatic rings. The van der Waals surface area contributed by atoms with Gasteiger partial charge in [-0.1, -0.05) is 31.5 Å². The Labute approximate surface area is 120 Å². The largest absolute Gasteiger partial charge is 0.293 e. The van der Waals surface area contributed by atoms with Crippen LogP contribution in [0.15, 0.2) is 18.2 Å². The standard InChI is InChI=1S/C13H13ClINO/c1-8(2)5-10(7-16)13(17)9-3-4-12(15)11(14)6-9/h3-4,6,8,10H,5H2,1-2H3. The third-order valence-corrected chi connectivity index (χ3v) is 3.96. The molecule has 1 rings (SSSR count). The second-order valence-electron chi connectivity index (χ2n) is 4.30. The third kappa shape index (κ3) is 3.97. The average Bonchev–Trinajstić information content (AvgIpc) is 2.28. The van der Waals surface area contributed by atoms with E-state index < -0.39 is 5.92 Å². The monoisotopic (exact) mass is 361 g/mol. The molecule has 0 spiro atoms. The Bertz CT molecular complexity index is 465. The maximum atomic E-state index is 12.1. The Morgan fingerprint density at radius 3 is 2.65 bits per heavy atom. The van der Waals surface area contributed by atoms with E-state index in [1.807, 2.05) is 13.8 Å². The molecule has 0 saturated carbocycles. The van der Waals surface area contributed by atoms with Crippen molar-refractivity contribution in [2.75, 3.05) is 0 Å². The van der Waals surface area contributed by atoms with E-state index >= 15 is 0 Å². The highest BCUT2D eigenvalue weighted by molar-refractivity contribution is 14.1. The minimum Gasteiger partial charge on any atom is -0.293 e. The number of benzene rings is 1. The maximum absolute atomic E-state index is 12.1. The van der Waals surface area contributed by atoms with Crippen molar-refractivity contribution in [3.05, 3.63) is 32.4 Å². The summed E-state index contributed by atoms with van der Waals surface area (Å²) in [6, 6.07) is 7.22.